The number of hydrogen-bond acceptors (Lipinski definition) is 4. The third-order valence-corrected chi connectivity index (χ3v) is 4.47. The molecule has 0 N–H and O–H groups in total. The van der Waals surface area contributed by atoms with Gasteiger partial charge in [-0.25, -0.2) is 0 Å². The third kappa shape index (κ3) is 37.0. The molecule has 0 bridgehead atoms. The van der Waals surface area contributed by atoms with E-state index in [1.54, 1.807) is 0 Å². The molecule has 0 aromatic rings. The van der Waals surface area contributed by atoms with Crippen LogP contribution in [0.2, 0.25) is 0 Å². The molecule has 0 saturated heterocycles. The topological polar surface area (TPSA) is 80.3 Å². The van der Waals surface area contributed by atoms with Gasteiger partial charge in [0.1, 0.15) is 0 Å². The average Bonchev–Trinajstić information content (AvgIpc) is 2.60. The second-order valence-corrected chi connectivity index (χ2v) is 7.19. The Kier molecular flexibility index (Phi) is 31.9. The fourth-order valence-electron chi connectivity index (χ4n) is 2.81. The van der Waals surface area contributed by atoms with E-state index in [-0.39, 0.29) is 29.9 Å². The van der Waals surface area contributed by atoms with Crippen LogP contribution in [0, 0.1) is 0 Å². The van der Waals surface area contributed by atoms with Crippen molar-refractivity contribution < 1.29 is 36.9 Å². The molecule has 0 aliphatic heterocycles. The fourth-order valence-corrected chi connectivity index (χ4v) is 2.81. The van der Waals surface area contributed by atoms with Gasteiger partial charge in [0.05, 0.1) is 0 Å². The van der Waals surface area contributed by atoms with E-state index in [0.717, 1.165) is 25.7 Å². The summed E-state index contributed by atoms with van der Waals surface area (Å²) < 4.78 is 0. The minimum atomic E-state index is -0.911. The third-order valence-electron chi connectivity index (χ3n) is 4.47. The van der Waals surface area contributed by atoms with Gasteiger partial charge in [0.2, 0.25) is 0 Å². The van der Waals surface area contributed by atoms with E-state index in [1.165, 1.54) is 77.0 Å². The van der Waals surface area contributed by atoms with Crippen LogP contribution in [0.5, 0.6) is 0 Å². The van der Waals surface area contributed by atoms with E-state index >= 15 is 0 Å². The first kappa shape index (κ1) is 31.2. The summed E-state index contributed by atoms with van der Waals surface area (Å²) in [7, 11) is 0. The van der Waals surface area contributed by atoms with Crippen LogP contribution in [0.4, 0.5) is 0 Å². The van der Waals surface area contributed by atoms with Crippen LogP contribution in [0.1, 0.15) is 129 Å². The molecule has 0 aliphatic carbocycles. The van der Waals surface area contributed by atoms with Gasteiger partial charge < -0.3 is 19.8 Å². The minimum absolute atomic E-state index is 0. The molecule has 0 radical (unpaired) electrons. The van der Waals surface area contributed by atoms with E-state index < -0.39 is 11.9 Å². The van der Waals surface area contributed by atoms with Crippen molar-refractivity contribution in [3.63, 3.8) is 0 Å². The van der Waals surface area contributed by atoms with E-state index in [1.807, 2.05) is 0 Å². The number of carboxylic acid groups (broad SMARTS) is 2. The molecular formula is C22H42FeO4. The number of rotatable bonds is 18. The summed E-state index contributed by atoms with van der Waals surface area (Å²) in [5.41, 5.74) is 0. The molecule has 0 aliphatic rings. The predicted octanol–water partition coefficient (Wildman–Crippen LogP) is 4.53. The second kappa shape index (κ2) is 27.7. The zero-order valence-corrected chi connectivity index (χ0v) is 18.8. The number of carboxylic acids is 2. The van der Waals surface area contributed by atoms with E-state index in [4.69, 9.17) is 0 Å². The number of hydrogen-bond donors (Lipinski definition) is 0. The monoisotopic (exact) mass is 426 g/mol. The first-order valence-corrected chi connectivity index (χ1v) is 10.9. The molecular weight excluding hydrogens is 384 g/mol. The predicted molar refractivity (Wildman–Crippen MR) is 104 cm³/mol. The van der Waals surface area contributed by atoms with Gasteiger partial charge in [-0.2, -0.15) is 0 Å². The molecule has 0 amide bonds. The zero-order valence-electron chi connectivity index (χ0n) is 17.7. The molecule has 4 nitrogen and oxygen atoms in total. The summed E-state index contributed by atoms with van der Waals surface area (Å²) in [6.45, 7) is 4.42. The van der Waals surface area contributed by atoms with Gasteiger partial charge in [-0.3, -0.25) is 0 Å². The molecule has 27 heavy (non-hydrogen) atoms. The Hall–Kier alpha value is -0.541. The normalized spacial score (nSPS) is 9.85. The van der Waals surface area contributed by atoms with E-state index in [2.05, 4.69) is 13.8 Å². The maximum Gasteiger partial charge on any atom is 2.00 e. The van der Waals surface area contributed by atoms with Gasteiger partial charge in [-0.05, 0) is 25.7 Å². The maximum atomic E-state index is 10.1. The van der Waals surface area contributed by atoms with Crippen molar-refractivity contribution in [1.82, 2.24) is 0 Å². The van der Waals surface area contributed by atoms with Crippen LogP contribution in [0.15, 0.2) is 0 Å². The summed E-state index contributed by atoms with van der Waals surface area (Å²) in [6, 6.07) is 0. The fraction of sp³-hybridized carbons (Fsp3) is 0.909. The molecule has 0 aromatic heterocycles. The smallest absolute Gasteiger partial charge is 0.550 e. The van der Waals surface area contributed by atoms with Crippen LogP contribution in [-0.4, -0.2) is 11.9 Å². The number of aliphatic carboxylic acids is 2. The number of unbranched alkanes of at least 4 members (excludes halogenated alkanes) is 14. The van der Waals surface area contributed by atoms with Gasteiger partial charge in [0, 0.05) is 11.9 Å². The quantitative estimate of drug-likeness (QED) is 0.238. The SMILES string of the molecule is CCCCCCCCCCC(=O)[O-].CCCCCCCCCCC(=O)[O-].[Fe+2]. The Bertz CT molecular complexity index is 279. The Morgan fingerprint density at radius 2 is 0.704 bits per heavy atom. The van der Waals surface area contributed by atoms with Crippen LogP contribution in [0.25, 0.3) is 0 Å². The summed E-state index contributed by atoms with van der Waals surface area (Å²) in [5.74, 6) is -1.82. The first-order chi connectivity index (χ1) is 12.5. The van der Waals surface area contributed by atoms with Crippen LogP contribution in [-0.2, 0) is 26.7 Å². The summed E-state index contributed by atoms with van der Waals surface area (Å²) >= 11 is 0. The Morgan fingerprint density at radius 1 is 0.481 bits per heavy atom. The maximum absolute atomic E-state index is 10.1. The van der Waals surface area contributed by atoms with Crippen LogP contribution in [0.3, 0.4) is 0 Å². The first-order valence-electron chi connectivity index (χ1n) is 10.9. The zero-order chi connectivity index (χ0) is 19.9. The van der Waals surface area contributed by atoms with Crippen molar-refractivity contribution in [2.24, 2.45) is 0 Å². The van der Waals surface area contributed by atoms with Gasteiger partial charge in [-0.1, -0.05) is 104 Å². The summed E-state index contributed by atoms with van der Waals surface area (Å²) in [4.78, 5) is 20.1. The van der Waals surface area contributed by atoms with E-state index in [0.29, 0.717) is 0 Å². The van der Waals surface area contributed by atoms with Crippen molar-refractivity contribution in [2.45, 2.75) is 129 Å². The standard InChI is InChI=1S/2C11H22O2.Fe/c2*1-2-3-4-5-6-7-8-9-10-11(12)13;/h2*2-10H2,1H3,(H,12,13);/q;;+2/p-2. The molecule has 0 fully saturated rings. The molecule has 0 aromatic carbocycles. The second-order valence-electron chi connectivity index (χ2n) is 7.19. The average molecular weight is 426 g/mol. The van der Waals surface area contributed by atoms with Crippen molar-refractivity contribution >= 4 is 11.9 Å². The molecule has 0 saturated carbocycles. The molecule has 0 heterocycles. The Balaban J connectivity index is -0.000000411. The Labute approximate surface area is 178 Å². The molecule has 0 rings (SSSR count). The summed E-state index contributed by atoms with van der Waals surface area (Å²) in [6.07, 6.45) is 19.5. The van der Waals surface area contributed by atoms with Gasteiger partial charge in [0.25, 0.3) is 0 Å². The van der Waals surface area contributed by atoms with Crippen molar-refractivity contribution in [1.29, 1.82) is 0 Å². The van der Waals surface area contributed by atoms with Gasteiger partial charge >= 0.3 is 17.1 Å². The number of carbonyl (C=O) groups excluding carboxylic acids is 2. The Morgan fingerprint density at radius 3 is 0.926 bits per heavy atom. The molecule has 162 valence electrons. The molecule has 5 heteroatoms. The molecule has 0 atom stereocenters. The minimum Gasteiger partial charge on any atom is -0.550 e. The van der Waals surface area contributed by atoms with Gasteiger partial charge in [0.15, 0.2) is 0 Å². The van der Waals surface area contributed by atoms with E-state index in [9.17, 15) is 19.8 Å². The van der Waals surface area contributed by atoms with Crippen molar-refractivity contribution in [3.05, 3.63) is 0 Å². The number of carbonyl (C=O) groups is 2. The van der Waals surface area contributed by atoms with Crippen LogP contribution < -0.4 is 10.2 Å². The van der Waals surface area contributed by atoms with Gasteiger partial charge in [-0.15, -0.1) is 0 Å². The van der Waals surface area contributed by atoms with Crippen LogP contribution >= 0.6 is 0 Å². The largest absolute Gasteiger partial charge is 2.00 e. The molecule has 0 unspecified atom stereocenters. The van der Waals surface area contributed by atoms with Crippen molar-refractivity contribution in [2.75, 3.05) is 0 Å². The summed E-state index contributed by atoms with van der Waals surface area (Å²) in [5, 5.41) is 20.1. The molecule has 0 spiro atoms. The van der Waals surface area contributed by atoms with Crippen molar-refractivity contribution in [3.8, 4) is 0 Å².